The van der Waals surface area contributed by atoms with Crippen LogP contribution in [0, 0.1) is 5.41 Å². The molecule has 0 fully saturated rings. The van der Waals surface area contributed by atoms with Gasteiger partial charge in [-0.2, -0.15) is 0 Å². The average Bonchev–Trinajstić information content (AvgIpc) is 2.28. The molecule has 0 radical (unpaired) electrons. The van der Waals surface area contributed by atoms with Crippen LogP contribution in [0.2, 0.25) is 0 Å². The first kappa shape index (κ1) is 11.1. The Kier molecular flexibility index (Phi) is 3.24. The first-order chi connectivity index (χ1) is 7.66. The molecule has 86 valence electrons. The molecule has 1 aliphatic heterocycles. The molecule has 4 nitrogen and oxygen atoms in total. The molecule has 1 aromatic rings. The summed E-state index contributed by atoms with van der Waals surface area (Å²) in [6.45, 7) is 3.09. The van der Waals surface area contributed by atoms with Crippen LogP contribution >= 0.6 is 11.8 Å². The fraction of sp³-hybridized carbons (Fsp3) is 0.364. The van der Waals surface area contributed by atoms with Crippen molar-refractivity contribution < 1.29 is 9.47 Å². The van der Waals surface area contributed by atoms with Gasteiger partial charge in [0.25, 0.3) is 0 Å². The van der Waals surface area contributed by atoms with Crippen molar-refractivity contribution in [3.63, 3.8) is 0 Å². The second kappa shape index (κ2) is 4.65. The summed E-state index contributed by atoms with van der Waals surface area (Å²) in [6.07, 6.45) is 0. The summed E-state index contributed by atoms with van der Waals surface area (Å²) in [5.41, 5.74) is 5.43. The first-order valence-electron chi connectivity index (χ1n) is 5.07. The maximum atomic E-state index is 7.34. The number of nitrogens with one attached hydrogen (secondary N) is 1. The molecule has 0 spiro atoms. The van der Waals surface area contributed by atoms with E-state index in [1.807, 2.05) is 25.1 Å². The highest BCUT2D eigenvalue weighted by molar-refractivity contribution is 8.00. The molecule has 16 heavy (non-hydrogen) atoms. The van der Waals surface area contributed by atoms with E-state index in [0.717, 1.165) is 16.4 Å². The van der Waals surface area contributed by atoms with E-state index >= 15 is 0 Å². The van der Waals surface area contributed by atoms with Gasteiger partial charge in [0.2, 0.25) is 0 Å². The topological polar surface area (TPSA) is 68.3 Å². The van der Waals surface area contributed by atoms with Gasteiger partial charge in [0.05, 0.1) is 5.25 Å². The molecule has 0 saturated carbocycles. The highest BCUT2D eigenvalue weighted by Gasteiger charge is 2.13. The Morgan fingerprint density at radius 3 is 2.75 bits per heavy atom. The number of thioether (sulfide) groups is 1. The van der Waals surface area contributed by atoms with E-state index in [9.17, 15) is 0 Å². The monoisotopic (exact) mass is 238 g/mol. The minimum absolute atomic E-state index is 0.0254. The standard InChI is InChI=1S/C11H14N2O2S/c1-7(11(12)13)16-8-2-3-9-10(6-8)15-5-4-14-9/h2-3,6-7H,4-5H2,1H3,(H3,12,13). The van der Waals surface area contributed by atoms with Gasteiger partial charge >= 0.3 is 0 Å². The third-order valence-electron chi connectivity index (χ3n) is 2.26. The number of benzene rings is 1. The maximum Gasteiger partial charge on any atom is 0.162 e. The van der Waals surface area contributed by atoms with Gasteiger partial charge < -0.3 is 15.2 Å². The van der Waals surface area contributed by atoms with Gasteiger partial charge in [-0.15, -0.1) is 11.8 Å². The van der Waals surface area contributed by atoms with Crippen LogP contribution < -0.4 is 15.2 Å². The zero-order chi connectivity index (χ0) is 11.5. The van der Waals surface area contributed by atoms with Crippen molar-refractivity contribution in [2.75, 3.05) is 13.2 Å². The van der Waals surface area contributed by atoms with E-state index in [-0.39, 0.29) is 11.1 Å². The van der Waals surface area contributed by atoms with Gasteiger partial charge in [-0.1, -0.05) is 0 Å². The molecular weight excluding hydrogens is 224 g/mol. The largest absolute Gasteiger partial charge is 0.486 e. The minimum atomic E-state index is -0.0254. The van der Waals surface area contributed by atoms with Crippen LogP contribution in [-0.4, -0.2) is 24.3 Å². The van der Waals surface area contributed by atoms with Gasteiger partial charge in [0, 0.05) is 4.90 Å². The minimum Gasteiger partial charge on any atom is -0.486 e. The van der Waals surface area contributed by atoms with Crippen molar-refractivity contribution in [2.24, 2.45) is 5.73 Å². The van der Waals surface area contributed by atoms with E-state index in [4.69, 9.17) is 20.6 Å². The summed E-state index contributed by atoms with van der Waals surface area (Å²) < 4.78 is 10.9. The Bertz CT molecular complexity index is 409. The van der Waals surface area contributed by atoms with Gasteiger partial charge in [0.1, 0.15) is 19.0 Å². The van der Waals surface area contributed by atoms with Gasteiger partial charge in [-0.25, -0.2) is 0 Å². The average molecular weight is 238 g/mol. The molecule has 0 saturated heterocycles. The summed E-state index contributed by atoms with van der Waals surface area (Å²) >= 11 is 1.54. The highest BCUT2D eigenvalue weighted by Crippen LogP contribution is 2.35. The van der Waals surface area contributed by atoms with Crippen LogP contribution in [0.25, 0.3) is 0 Å². The molecular formula is C11H14N2O2S. The Morgan fingerprint density at radius 1 is 1.38 bits per heavy atom. The first-order valence-corrected chi connectivity index (χ1v) is 5.95. The molecule has 1 aliphatic rings. The molecule has 3 N–H and O–H groups in total. The predicted molar refractivity (Wildman–Crippen MR) is 64.7 cm³/mol. The molecule has 1 heterocycles. The van der Waals surface area contributed by atoms with Gasteiger partial charge in [-0.3, -0.25) is 5.41 Å². The van der Waals surface area contributed by atoms with Crippen molar-refractivity contribution in [1.82, 2.24) is 0 Å². The molecule has 0 amide bonds. The van der Waals surface area contributed by atoms with Gasteiger partial charge in [0.15, 0.2) is 11.5 Å². The Labute approximate surface area is 98.6 Å². The fourth-order valence-corrected chi connectivity index (χ4v) is 2.22. The number of ether oxygens (including phenoxy) is 2. The smallest absolute Gasteiger partial charge is 0.162 e. The third-order valence-corrected chi connectivity index (χ3v) is 3.40. The zero-order valence-electron chi connectivity index (χ0n) is 9.03. The van der Waals surface area contributed by atoms with Crippen LogP contribution in [-0.2, 0) is 0 Å². The number of rotatable bonds is 3. The zero-order valence-corrected chi connectivity index (χ0v) is 9.84. The van der Waals surface area contributed by atoms with E-state index in [2.05, 4.69) is 0 Å². The SMILES string of the molecule is CC(Sc1ccc2c(c1)OCCO2)C(=N)N. The summed E-state index contributed by atoms with van der Waals surface area (Å²) in [5.74, 6) is 1.73. The van der Waals surface area contributed by atoms with Crippen molar-refractivity contribution >= 4 is 17.6 Å². The van der Waals surface area contributed by atoms with E-state index in [1.54, 1.807) is 0 Å². The number of hydrogen-bond donors (Lipinski definition) is 2. The summed E-state index contributed by atoms with van der Waals surface area (Å²) in [7, 11) is 0. The maximum absolute atomic E-state index is 7.34. The molecule has 0 bridgehead atoms. The van der Waals surface area contributed by atoms with Crippen LogP contribution in [0.15, 0.2) is 23.1 Å². The van der Waals surface area contributed by atoms with E-state index in [0.29, 0.717) is 13.2 Å². The van der Waals surface area contributed by atoms with Crippen molar-refractivity contribution in [1.29, 1.82) is 5.41 Å². The predicted octanol–water partition coefficient (Wildman–Crippen LogP) is 1.87. The van der Waals surface area contributed by atoms with Crippen LogP contribution in [0.5, 0.6) is 11.5 Å². The lowest BCUT2D eigenvalue weighted by Gasteiger charge is -2.19. The van der Waals surface area contributed by atoms with Crippen molar-refractivity contribution in [3.8, 4) is 11.5 Å². The molecule has 0 aromatic heterocycles. The summed E-state index contributed by atoms with van der Waals surface area (Å²) in [6, 6.07) is 5.78. The van der Waals surface area contributed by atoms with Crippen LogP contribution in [0.4, 0.5) is 0 Å². The number of fused-ring (bicyclic) bond motifs is 1. The molecule has 1 aromatic carbocycles. The quantitative estimate of drug-likeness (QED) is 0.479. The Balaban J connectivity index is 2.14. The molecule has 2 rings (SSSR count). The number of nitrogens with two attached hydrogens (primary N) is 1. The van der Waals surface area contributed by atoms with Gasteiger partial charge in [-0.05, 0) is 25.1 Å². The van der Waals surface area contributed by atoms with Crippen LogP contribution in [0.3, 0.4) is 0 Å². The lowest BCUT2D eigenvalue weighted by molar-refractivity contribution is 0.171. The molecule has 0 aliphatic carbocycles. The van der Waals surface area contributed by atoms with Crippen molar-refractivity contribution in [2.45, 2.75) is 17.1 Å². The normalized spacial score (nSPS) is 15.6. The fourth-order valence-electron chi connectivity index (χ4n) is 1.36. The summed E-state index contributed by atoms with van der Waals surface area (Å²) in [5, 5.41) is 7.31. The lowest BCUT2D eigenvalue weighted by Crippen LogP contribution is -2.21. The summed E-state index contributed by atoms with van der Waals surface area (Å²) in [4.78, 5) is 1.03. The molecule has 1 unspecified atom stereocenters. The van der Waals surface area contributed by atoms with E-state index in [1.165, 1.54) is 11.8 Å². The molecule has 5 heteroatoms. The van der Waals surface area contributed by atoms with E-state index < -0.39 is 0 Å². The number of amidine groups is 1. The highest BCUT2D eigenvalue weighted by atomic mass is 32.2. The number of hydrogen-bond acceptors (Lipinski definition) is 4. The van der Waals surface area contributed by atoms with Crippen LogP contribution in [0.1, 0.15) is 6.92 Å². The Hall–Kier alpha value is -1.36. The lowest BCUT2D eigenvalue weighted by atomic mass is 10.3. The molecule has 1 atom stereocenters. The Morgan fingerprint density at radius 2 is 2.06 bits per heavy atom. The third kappa shape index (κ3) is 2.41. The second-order valence-electron chi connectivity index (χ2n) is 3.52. The van der Waals surface area contributed by atoms with Crippen molar-refractivity contribution in [3.05, 3.63) is 18.2 Å². The second-order valence-corrected chi connectivity index (χ2v) is 4.94.